The number of rotatable bonds is 6. The number of benzene rings is 2. The van der Waals surface area contributed by atoms with Gasteiger partial charge in [0.2, 0.25) is 5.91 Å². The van der Waals surface area contributed by atoms with Crippen LogP contribution in [0.25, 0.3) is 10.2 Å². The Balaban J connectivity index is 1.50. The number of amides is 1. The molecule has 3 aromatic rings. The molecule has 3 rings (SSSR count). The van der Waals surface area contributed by atoms with Crippen molar-refractivity contribution in [2.75, 3.05) is 11.1 Å². The van der Waals surface area contributed by atoms with Gasteiger partial charge in [0, 0.05) is 11.3 Å². The molecule has 0 aliphatic carbocycles. The highest BCUT2D eigenvalue weighted by Gasteiger charge is 2.11. The summed E-state index contributed by atoms with van der Waals surface area (Å²) >= 11 is 3.15. The third kappa shape index (κ3) is 4.58. The van der Waals surface area contributed by atoms with E-state index in [1.807, 2.05) is 6.92 Å². The maximum absolute atomic E-state index is 12.8. The van der Waals surface area contributed by atoms with E-state index in [0.717, 1.165) is 32.8 Å². The number of aromatic nitrogens is 1. The van der Waals surface area contributed by atoms with Gasteiger partial charge in [-0.25, -0.2) is 9.37 Å². The zero-order chi connectivity index (χ0) is 17.8. The molecule has 0 aliphatic rings. The Hall–Kier alpha value is -1.92. The minimum Gasteiger partial charge on any atom is -0.302 e. The summed E-state index contributed by atoms with van der Waals surface area (Å²) in [6.07, 6.45) is 1.21. The van der Waals surface area contributed by atoms with Crippen molar-refractivity contribution in [3.8, 4) is 0 Å². The monoisotopic (exact) mass is 374 g/mol. The molecular formula is C19H19FN2OS2. The van der Waals surface area contributed by atoms with Crippen molar-refractivity contribution in [3.05, 3.63) is 53.3 Å². The summed E-state index contributed by atoms with van der Waals surface area (Å²) in [4.78, 5) is 17.7. The SMILES string of the molecule is Cc1ccc(C)c2sc(NC(=O)CCCSc3ccc(F)cc3)nc12. The fourth-order valence-corrected chi connectivity index (χ4v) is 4.33. The molecule has 1 amide bonds. The summed E-state index contributed by atoms with van der Waals surface area (Å²) in [7, 11) is 0. The van der Waals surface area contributed by atoms with Gasteiger partial charge in [0.25, 0.3) is 0 Å². The minimum absolute atomic E-state index is 0.0194. The van der Waals surface area contributed by atoms with Gasteiger partial charge in [0.05, 0.1) is 10.2 Å². The number of aryl methyl sites for hydroxylation is 2. The first-order valence-electron chi connectivity index (χ1n) is 8.08. The van der Waals surface area contributed by atoms with Gasteiger partial charge >= 0.3 is 0 Å². The van der Waals surface area contributed by atoms with Gasteiger partial charge in [-0.3, -0.25) is 4.79 Å². The smallest absolute Gasteiger partial charge is 0.226 e. The Bertz CT molecular complexity index is 851. The van der Waals surface area contributed by atoms with Crippen LogP contribution in [0.15, 0.2) is 41.3 Å². The largest absolute Gasteiger partial charge is 0.302 e. The van der Waals surface area contributed by atoms with Crippen LogP contribution in [0.4, 0.5) is 9.52 Å². The van der Waals surface area contributed by atoms with E-state index in [1.165, 1.54) is 29.0 Å². The summed E-state index contributed by atoms with van der Waals surface area (Å²) in [6.45, 7) is 4.08. The first-order chi connectivity index (χ1) is 12.0. The Kier molecular flexibility index (Phi) is 5.71. The Morgan fingerprint density at radius 1 is 1.16 bits per heavy atom. The normalized spacial score (nSPS) is 11.0. The number of carbonyl (C=O) groups is 1. The first-order valence-corrected chi connectivity index (χ1v) is 9.88. The van der Waals surface area contributed by atoms with Crippen molar-refractivity contribution in [1.29, 1.82) is 0 Å². The number of halogens is 1. The van der Waals surface area contributed by atoms with Gasteiger partial charge in [-0.15, -0.1) is 11.8 Å². The molecule has 0 bridgehead atoms. The average molecular weight is 375 g/mol. The van der Waals surface area contributed by atoms with E-state index in [4.69, 9.17) is 0 Å². The third-order valence-electron chi connectivity index (χ3n) is 3.82. The van der Waals surface area contributed by atoms with Crippen LogP contribution in [-0.2, 0) is 4.79 Å². The van der Waals surface area contributed by atoms with E-state index in [2.05, 4.69) is 29.4 Å². The predicted octanol–water partition coefficient (Wildman–Crippen LogP) is 5.56. The molecule has 2 aromatic carbocycles. The summed E-state index contributed by atoms with van der Waals surface area (Å²) in [5.74, 6) is 0.566. The number of hydrogen-bond acceptors (Lipinski definition) is 4. The molecule has 0 unspecified atom stereocenters. The lowest BCUT2D eigenvalue weighted by molar-refractivity contribution is -0.116. The van der Waals surface area contributed by atoms with Crippen LogP contribution in [0.3, 0.4) is 0 Å². The van der Waals surface area contributed by atoms with Crippen LogP contribution in [0.1, 0.15) is 24.0 Å². The number of thioether (sulfide) groups is 1. The highest BCUT2D eigenvalue weighted by Crippen LogP contribution is 2.31. The Morgan fingerprint density at radius 2 is 1.88 bits per heavy atom. The zero-order valence-corrected chi connectivity index (χ0v) is 15.8. The Labute approximate surface area is 154 Å². The molecule has 3 nitrogen and oxygen atoms in total. The molecule has 25 heavy (non-hydrogen) atoms. The molecule has 0 saturated carbocycles. The second-order valence-corrected chi connectivity index (χ2v) is 8.02. The molecule has 6 heteroatoms. The Morgan fingerprint density at radius 3 is 2.60 bits per heavy atom. The number of hydrogen-bond donors (Lipinski definition) is 1. The van der Waals surface area contributed by atoms with Crippen molar-refractivity contribution >= 4 is 44.4 Å². The molecule has 130 valence electrons. The van der Waals surface area contributed by atoms with Crippen LogP contribution in [-0.4, -0.2) is 16.6 Å². The highest BCUT2D eigenvalue weighted by molar-refractivity contribution is 7.99. The number of thiazole rings is 1. The lowest BCUT2D eigenvalue weighted by atomic mass is 10.1. The summed E-state index contributed by atoms with van der Waals surface area (Å²) < 4.78 is 14.0. The first kappa shape index (κ1) is 17.9. The van der Waals surface area contributed by atoms with E-state index >= 15 is 0 Å². The number of fused-ring (bicyclic) bond motifs is 1. The van der Waals surface area contributed by atoms with Crippen LogP contribution in [0, 0.1) is 19.7 Å². The average Bonchev–Trinajstić information content (AvgIpc) is 3.02. The number of nitrogens with zero attached hydrogens (tertiary/aromatic N) is 1. The standard InChI is InChI=1S/C19H19FN2OS2/c1-12-5-6-13(2)18-17(12)22-19(25-18)21-16(23)4-3-11-24-15-9-7-14(20)8-10-15/h5-10H,3-4,11H2,1-2H3,(H,21,22,23). The fourth-order valence-electron chi connectivity index (χ4n) is 2.45. The van der Waals surface area contributed by atoms with Crippen LogP contribution >= 0.6 is 23.1 Å². The lowest BCUT2D eigenvalue weighted by Gasteiger charge is -2.02. The topological polar surface area (TPSA) is 42.0 Å². The fraction of sp³-hybridized carbons (Fsp3) is 0.263. The van der Waals surface area contributed by atoms with Gasteiger partial charge in [-0.05, 0) is 61.4 Å². The van der Waals surface area contributed by atoms with Crippen molar-refractivity contribution < 1.29 is 9.18 Å². The van der Waals surface area contributed by atoms with Crippen molar-refractivity contribution in [2.24, 2.45) is 0 Å². The molecule has 0 saturated heterocycles. The van der Waals surface area contributed by atoms with E-state index in [-0.39, 0.29) is 11.7 Å². The molecule has 0 aliphatic heterocycles. The molecule has 1 heterocycles. The maximum Gasteiger partial charge on any atom is 0.226 e. The van der Waals surface area contributed by atoms with Gasteiger partial charge in [-0.1, -0.05) is 23.5 Å². The molecule has 0 radical (unpaired) electrons. The molecule has 1 aromatic heterocycles. The third-order valence-corrected chi connectivity index (χ3v) is 6.02. The maximum atomic E-state index is 12.8. The van der Waals surface area contributed by atoms with Gasteiger partial charge < -0.3 is 5.32 Å². The minimum atomic E-state index is -0.231. The molecule has 0 atom stereocenters. The number of nitrogens with one attached hydrogen (secondary N) is 1. The van der Waals surface area contributed by atoms with Crippen molar-refractivity contribution in [2.45, 2.75) is 31.6 Å². The second kappa shape index (κ2) is 7.97. The van der Waals surface area contributed by atoms with Gasteiger partial charge in [0.1, 0.15) is 5.82 Å². The van der Waals surface area contributed by atoms with E-state index in [0.29, 0.717) is 11.6 Å². The summed E-state index contributed by atoms with van der Waals surface area (Å²) in [5, 5.41) is 3.56. The van der Waals surface area contributed by atoms with E-state index in [9.17, 15) is 9.18 Å². The quantitative estimate of drug-likeness (QED) is 0.453. The number of anilines is 1. The second-order valence-electron chi connectivity index (χ2n) is 5.85. The lowest BCUT2D eigenvalue weighted by Crippen LogP contribution is -2.11. The summed E-state index contributed by atoms with van der Waals surface area (Å²) in [5.41, 5.74) is 3.26. The van der Waals surface area contributed by atoms with Gasteiger partial charge in [-0.2, -0.15) is 0 Å². The van der Waals surface area contributed by atoms with Crippen molar-refractivity contribution in [1.82, 2.24) is 4.98 Å². The predicted molar refractivity (Wildman–Crippen MR) is 104 cm³/mol. The van der Waals surface area contributed by atoms with Crippen LogP contribution in [0.2, 0.25) is 0 Å². The molecule has 0 fully saturated rings. The summed E-state index contributed by atoms with van der Waals surface area (Å²) in [6, 6.07) is 10.5. The van der Waals surface area contributed by atoms with E-state index in [1.54, 1.807) is 23.9 Å². The molecule has 1 N–H and O–H groups in total. The van der Waals surface area contributed by atoms with Crippen molar-refractivity contribution in [3.63, 3.8) is 0 Å². The zero-order valence-electron chi connectivity index (χ0n) is 14.1. The highest BCUT2D eigenvalue weighted by atomic mass is 32.2. The van der Waals surface area contributed by atoms with E-state index < -0.39 is 0 Å². The molecular weight excluding hydrogens is 355 g/mol. The number of carbonyl (C=O) groups excluding carboxylic acids is 1. The van der Waals surface area contributed by atoms with Crippen LogP contribution < -0.4 is 5.32 Å². The van der Waals surface area contributed by atoms with Crippen LogP contribution in [0.5, 0.6) is 0 Å². The van der Waals surface area contributed by atoms with Gasteiger partial charge in [0.15, 0.2) is 5.13 Å². The molecule has 0 spiro atoms.